The number of amides is 1. The Balaban J connectivity index is 2.76. The molecule has 1 aromatic carbocycles. The molecular weight excluding hydrogens is 243 g/mol. The zero-order chi connectivity index (χ0) is 13.5. The van der Waals surface area contributed by atoms with Crippen LogP contribution < -0.4 is 16.4 Å². The van der Waals surface area contributed by atoms with Gasteiger partial charge in [-0.05, 0) is 23.0 Å². The predicted octanol–water partition coefficient (Wildman–Crippen LogP) is 2.40. The quantitative estimate of drug-likeness (QED) is 0.485. The number of anilines is 2. The Labute approximate surface area is 110 Å². The van der Waals surface area contributed by atoms with Gasteiger partial charge in [0.25, 0.3) is 0 Å². The number of carbonyl (C=O) groups is 1. The molecule has 1 amide bonds. The molecule has 3 N–H and O–H groups in total. The van der Waals surface area contributed by atoms with E-state index in [1.807, 2.05) is 6.07 Å². The Bertz CT molecular complexity index is 507. The van der Waals surface area contributed by atoms with Gasteiger partial charge in [-0.1, -0.05) is 37.5 Å². The summed E-state index contributed by atoms with van der Waals surface area (Å²) in [7, 11) is 2.56. The first-order valence-corrected chi connectivity index (χ1v) is 6.03. The predicted molar refractivity (Wildman–Crippen MR) is 81.9 cm³/mol. The lowest BCUT2D eigenvalue weighted by molar-refractivity contribution is -0.115. The molecule has 0 radical (unpaired) electrons. The van der Waals surface area contributed by atoms with Gasteiger partial charge in [0.2, 0.25) is 5.91 Å². The summed E-state index contributed by atoms with van der Waals surface area (Å²) in [4.78, 5) is 11.8. The Morgan fingerprint density at radius 2 is 2.17 bits per heavy atom. The van der Waals surface area contributed by atoms with Gasteiger partial charge in [-0.25, -0.2) is 0 Å². The number of rotatable bonds is 5. The van der Waals surface area contributed by atoms with Gasteiger partial charge in [0.1, 0.15) is 0 Å². The van der Waals surface area contributed by atoms with Crippen molar-refractivity contribution in [3.63, 3.8) is 0 Å². The van der Waals surface area contributed by atoms with Crippen LogP contribution in [0.2, 0.25) is 0 Å². The smallest absolute Gasteiger partial charge is 0.228 e. The number of benzene rings is 1. The van der Waals surface area contributed by atoms with E-state index in [-0.39, 0.29) is 12.3 Å². The van der Waals surface area contributed by atoms with Crippen molar-refractivity contribution in [1.29, 1.82) is 0 Å². The maximum atomic E-state index is 11.8. The molecule has 94 valence electrons. The van der Waals surface area contributed by atoms with Crippen LogP contribution >= 0.6 is 9.24 Å². The topological polar surface area (TPSA) is 55.1 Å². The van der Waals surface area contributed by atoms with E-state index in [4.69, 9.17) is 5.73 Å². The van der Waals surface area contributed by atoms with Crippen molar-refractivity contribution in [2.24, 2.45) is 0 Å². The SMILES string of the molecule is C=C/C=C(\C=C)CC(=O)Nc1cc(N)ccc1P. The third kappa shape index (κ3) is 4.19. The Morgan fingerprint density at radius 1 is 1.44 bits per heavy atom. The highest BCUT2D eigenvalue weighted by Crippen LogP contribution is 2.14. The van der Waals surface area contributed by atoms with E-state index in [1.165, 1.54) is 0 Å². The van der Waals surface area contributed by atoms with Crippen LogP contribution in [0, 0.1) is 0 Å². The van der Waals surface area contributed by atoms with Gasteiger partial charge in [0, 0.05) is 11.4 Å². The molecule has 0 saturated heterocycles. The average Bonchev–Trinajstić information content (AvgIpc) is 2.33. The van der Waals surface area contributed by atoms with Gasteiger partial charge in [0.05, 0.1) is 6.42 Å². The fraction of sp³-hybridized carbons (Fsp3) is 0.0714. The highest BCUT2D eigenvalue weighted by Gasteiger charge is 2.06. The van der Waals surface area contributed by atoms with Crippen LogP contribution in [0.5, 0.6) is 0 Å². The Hall–Kier alpha value is -1.86. The maximum absolute atomic E-state index is 11.8. The lowest BCUT2D eigenvalue weighted by Crippen LogP contribution is -2.16. The second-order valence-corrected chi connectivity index (χ2v) is 4.38. The van der Waals surface area contributed by atoms with Crippen LogP contribution in [-0.2, 0) is 4.79 Å². The standard InChI is InChI=1S/C14H17N2OP/c1-3-5-10(4-2)8-14(17)16-12-9-11(15)6-7-13(12)18/h3-7,9H,1-2,8,15,18H2,(H,16,17)/b10-5+. The van der Waals surface area contributed by atoms with Gasteiger partial charge in [0.15, 0.2) is 0 Å². The first-order chi connectivity index (χ1) is 8.56. The maximum Gasteiger partial charge on any atom is 0.228 e. The molecule has 0 saturated carbocycles. The number of hydrogen-bond acceptors (Lipinski definition) is 2. The van der Waals surface area contributed by atoms with Crippen molar-refractivity contribution >= 4 is 31.8 Å². The van der Waals surface area contributed by atoms with E-state index in [0.29, 0.717) is 11.4 Å². The van der Waals surface area contributed by atoms with Crippen molar-refractivity contribution < 1.29 is 4.79 Å². The summed E-state index contributed by atoms with van der Waals surface area (Å²) >= 11 is 0. The monoisotopic (exact) mass is 260 g/mol. The van der Waals surface area contributed by atoms with Crippen molar-refractivity contribution in [3.8, 4) is 0 Å². The fourth-order valence-electron chi connectivity index (χ4n) is 1.41. The molecule has 0 aliphatic rings. The number of allylic oxidation sites excluding steroid dienone is 3. The highest BCUT2D eigenvalue weighted by atomic mass is 31.0. The van der Waals surface area contributed by atoms with Gasteiger partial charge in [-0.3, -0.25) is 4.79 Å². The molecule has 0 heterocycles. The first kappa shape index (κ1) is 14.2. The number of hydrogen-bond donors (Lipinski definition) is 2. The van der Waals surface area contributed by atoms with Crippen molar-refractivity contribution in [2.75, 3.05) is 11.1 Å². The molecule has 3 nitrogen and oxygen atoms in total. The highest BCUT2D eigenvalue weighted by molar-refractivity contribution is 7.28. The van der Waals surface area contributed by atoms with Gasteiger partial charge < -0.3 is 11.1 Å². The number of nitrogen functional groups attached to an aromatic ring is 1. The Morgan fingerprint density at radius 3 is 2.78 bits per heavy atom. The van der Waals surface area contributed by atoms with Gasteiger partial charge in [-0.15, -0.1) is 9.24 Å². The second kappa shape index (κ2) is 6.77. The minimum atomic E-state index is -0.114. The lowest BCUT2D eigenvalue weighted by Gasteiger charge is -2.09. The largest absolute Gasteiger partial charge is 0.399 e. The van der Waals surface area contributed by atoms with E-state index in [2.05, 4.69) is 27.7 Å². The molecule has 18 heavy (non-hydrogen) atoms. The zero-order valence-corrected chi connectivity index (χ0v) is 11.3. The Kier molecular flexibility index (Phi) is 5.34. The summed E-state index contributed by atoms with van der Waals surface area (Å²) < 4.78 is 0. The molecule has 0 spiro atoms. The first-order valence-electron chi connectivity index (χ1n) is 5.45. The fourth-order valence-corrected chi connectivity index (χ4v) is 1.66. The van der Waals surface area contributed by atoms with E-state index < -0.39 is 0 Å². The van der Waals surface area contributed by atoms with E-state index in [1.54, 1.807) is 30.4 Å². The third-order valence-electron chi connectivity index (χ3n) is 2.31. The normalized spacial score (nSPS) is 10.8. The van der Waals surface area contributed by atoms with Crippen LogP contribution in [0.4, 0.5) is 11.4 Å². The summed E-state index contributed by atoms with van der Waals surface area (Å²) in [6, 6.07) is 5.35. The molecule has 1 rings (SSSR count). The minimum Gasteiger partial charge on any atom is -0.399 e. The molecule has 0 aliphatic heterocycles. The molecule has 0 aliphatic carbocycles. The van der Waals surface area contributed by atoms with E-state index in [0.717, 1.165) is 10.9 Å². The number of nitrogens with one attached hydrogen (secondary N) is 1. The molecular formula is C14H17N2OP. The van der Waals surface area contributed by atoms with Crippen LogP contribution in [0.1, 0.15) is 6.42 Å². The minimum absolute atomic E-state index is 0.114. The summed E-state index contributed by atoms with van der Waals surface area (Å²) in [5, 5.41) is 3.71. The summed E-state index contributed by atoms with van der Waals surface area (Å²) in [5.74, 6) is -0.114. The van der Waals surface area contributed by atoms with Crippen LogP contribution in [-0.4, -0.2) is 5.91 Å². The molecule has 1 aromatic rings. The van der Waals surface area contributed by atoms with Crippen molar-refractivity contribution in [2.45, 2.75) is 6.42 Å². The second-order valence-electron chi connectivity index (χ2n) is 3.75. The third-order valence-corrected chi connectivity index (χ3v) is 2.81. The van der Waals surface area contributed by atoms with E-state index in [9.17, 15) is 4.79 Å². The van der Waals surface area contributed by atoms with Gasteiger partial charge >= 0.3 is 0 Å². The molecule has 0 fully saturated rings. The molecule has 0 aromatic heterocycles. The molecule has 0 bridgehead atoms. The van der Waals surface area contributed by atoms with Crippen molar-refractivity contribution in [1.82, 2.24) is 0 Å². The van der Waals surface area contributed by atoms with E-state index >= 15 is 0 Å². The van der Waals surface area contributed by atoms with Gasteiger partial charge in [-0.2, -0.15) is 0 Å². The van der Waals surface area contributed by atoms with Crippen LogP contribution in [0.3, 0.4) is 0 Å². The summed E-state index contributed by atoms with van der Waals surface area (Å²) in [5.41, 5.74) is 7.81. The number of carbonyl (C=O) groups excluding carboxylic acids is 1. The average molecular weight is 260 g/mol. The summed E-state index contributed by atoms with van der Waals surface area (Å²) in [6.45, 7) is 7.24. The molecule has 1 unspecified atom stereocenters. The molecule has 4 heteroatoms. The van der Waals surface area contributed by atoms with Crippen molar-refractivity contribution in [3.05, 3.63) is 55.2 Å². The molecule has 1 atom stereocenters. The van der Waals surface area contributed by atoms with Crippen LogP contribution in [0.25, 0.3) is 0 Å². The lowest BCUT2D eigenvalue weighted by atomic mass is 10.1. The summed E-state index contributed by atoms with van der Waals surface area (Å²) in [6.07, 6.45) is 5.29. The number of nitrogens with two attached hydrogens (primary N) is 1. The van der Waals surface area contributed by atoms with Crippen LogP contribution in [0.15, 0.2) is 55.2 Å². The zero-order valence-electron chi connectivity index (χ0n) is 10.1.